The van der Waals surface area contributed by atoms with E-state index in [1.54, 1.807) is 6.07 Å². The van der Waals surface area contributed by atoms with E-state index in [0.717, 1.165) is 5.56 Å². The average molecular weight is 367 g/mol. The van der Waals surface area contributed by atoms with Crippen LogP contribution in [0.2, 0.25) is 0 Å². The molecule has 3 rings (SSSR count). The summed E-state index contributed by atoms with van der Waals surface area (Å²) in [6.45, 7) is 0.959. The van der Waals surface area contributed by atoms with Gasteiger partial charge in [-0.05, 0) is 31.8 Å². The first-order chi connectivity index (χ1) is 13.0. The number of benzene rings is 2. The highest BCUT2D eigenvalue weighted by atomic mass is 16.5. The van der Waals surface area contributed by atoms with E-state index in [1.165, 1.54) is 4.90 Å². The zero-order valence-electron chi connectivity index (χ0n) is 15.7. The van der Waals surface area contributed by atoms with Crippen LogP contribution in [0.3, 0.4) is 0 Å². The number of nitrogens with one attached hydrogen (secondary N) is 1. The van der Waals surface area contributed by atoms with Crippen molar-refractivity contribution in [1.29, 1.82) is 0 Å². The maximum Gasteiger partial charge on any atom is 0.240 e. The molecule has 2 amide bonds. The van der Waals surface area contributed by atoms with Crippen molar-refractivity contribution in [2.24, 2.45) is 0 Å². The number of ether oxygens (including phenoxy) is 1. The Balaban J connectivity index is 1.76. The monoisotopic (exact) mass is 367 g/mol. The zero-order valence-corrected chi connectivity index (χ0v) is 15.7. The second-order valence-corrected chi connectivity index (χ2v) is 6.84. The molecule has 1 N–H and O–H groups in total. The molecule has 27 heavy (non-hydrogen) atoms. The molecular weight excluding hydrogens is 342 g/mol. The number of hydrogen-bond donors (Lipinski definition) is 1. The van der Waals surface area contributed by atoms with Crippen LogP contribution in [0.15, 0.2) is 54.6 Å². The van der Waals surface area contributed by atoms with Gasteiger partial charge in [0.25, 0.3) is 0 Å². The van der Waals surface area contributed by atoms with Crippen LogP contribution in [0, 0.1) is 0 Å². The molecule has 0 fully saturated rings. The lowest BCUT2D eigenvalue weighted by molar-refractivity contribution is -0.124. The number of carbonyl (C=O) groups excluding carboxylic acids is 2. The van der Waals surface area contributed by atoms with Gasteiger partial charge in [0.2, 0.25) is 11.8 Å². The number of para-hydroxylation sites is 2. The van der Waals surface area contributed by atoms with Gasteiger partial charge in [-0.1, -0.05) is 42.5 Å². The highest BCUT2D eigenvalue weighted by molar-refractivity contribution is 6.00. The molecule has 1 aliphatic heterocycles. The standard InChI is InChI=1S/C21H25N3O3/c1-23(2)14-17(16-8-4-3-5-9-16)22-20(25)15-24-18-10-6-7-11-19(18)27-13-12-21(24)26/h3-11,17H,12-15H2,1-2H3,(H,22,25)/t17-/m1/s1. The molecule has 1 heterocycles. The number of amides is 2. The molecule has 6 nitrogen and oxygen atoms in total. The normalized spacial score (nSPS) is 14.9. The van der Waals surface area contributed by atoms with Crippen molar-refractivity contribution in [1.82, 2.24) is 10.2 Å². The minimum Gasteiger partial charge on any atom is -0.491 e. The van der Waals surface area contributed by atoms with E-state index in [-0.39, 0.29) is 30.8 Å². The van der Waals surface area contributed by atoms with Crippen molar-refractivity contribution in [2.75, 3.05) is 38.7 Å². The number of likely N-dealkylation sites (N-methyl/N-ethyl adjacent to an activating group) is 1. The predicted molar refractivity (Wildman–Crippen MR) is 105 cm³/mol. The summed E-state index contributed by atoms with van der Waals surface area (Å²) in [5.74, 6) is 0.318. The first-order valence-electron chi connectivity index (χ1n) is 9.06. The summed E-state index contributed by atoms with van der Waals surface area (Å²) in [5, 5.41) is 3.07. The van der Waals surface area contributed by atoms with Gasteiger partial charge in [-0.15, -0.1) is 0 Å². The maximum atomic E-state index is 12.8. The van der Waals surface area contributed by atoms with Gasteiger partial charge in [0.05, 0.1) is 24.8 Å². The van der Waals surface area contributed by atoms with Crippen molar-refractivity contribution in [2.45, 2.75) is 12.5 Å². The van der Waals surface area contributed by atoms with E-state index in [0.29, 0.717) is 24.6 Å². The van der Waals surface area contributed by atoms with E-state index in [4.69, 9.17) is 4.74 Å². The summed E-state index contributed by atoms with van der Waals surface area (Å²) in [6, 6.07) is 17.0. The van der Waals surface area contributed by atoms with Crippen LogP contribution >= 0.6 is 0 Å². The van der Waals surface area contributed by atoms with E-state index >= 15 is 0 Å². The molecule has 1 aliphatic rings. The van der Waals surface area contributed by atoms with Gasteiger partial charge in [-0.3, -0.25) is 14.5 Å². The van der Waals surface area contributed by atoms with Crippen molar-refractivity contribution >= 4 is 17.5 Å². The fourth-order valence-electron chi connectivity index (χ4n) is 3.16. The van der Waals surface area contributed by atoms with E-state index < -0.39 is 0 Å². The molecule has 142 valence electrons. The van der Waals surface area contributed by atoms with Crippen LogP contribution < -0.4 is 15.0 Å². The van der Waals surface area contributed by atoms with Gasteiger partial charge >= 0.3 is 0 Å². The molecule has 2 aromatic rings. The summed E-state index contributed by atoms with van der Waals surface area (Å²) in [5.41, 5.74) is 1.67. The van der Waals surface area contributed by atoms with Crippen molar-refractivity contribution in [3.05, 3.63) is 60.2 Å². The van der Waals surface area contributed by atoms with Gasteiger partial charge in [0, 0.05) is 6.54 Å². The largest absolute Gasteiger partial charge is 0.491 e. The summed E-state index contributed by atoms with van der Waals surface area (Å²) in [7, 11) is 3.93. The Hall–Kier alpha value is -2.86. The number of nitrogens with zero attached hydrogens (tertiary/aromatic N) is 2. The van der Waals surface area contributed by atoms with Gasteiger partial charge in [0.15, 0.2) is 0 Å². The average Bonchev–Trinajstić information content (AvgIpc) is 2.81. The summed E-state index contributed by atoms with van der Waals surface area (Å²) < 4.78 is 5.63. The number of hydrogen-bond acceptors (Lipinski definition) is 4. The third-order valence-electron chi connectivity index (χ3n) is 4.42. The van der Waals surface area contributed by atoms with Gasteiger partial charge < -0.3 is 15.0 Å². The third-order valence-corrected chi connectivity index (χ3v) is 4.42. The molecule has 0 bridgehead atoms. The lowest BCUT2D eigenvalue weighted by Crippen LogP contribution is -2.43. The van der Waals surface area contributed by atoms with Gasteiger partial charge in [-0.2, -0.15) is 0 Å². The van der Waals surface area contributed by atoms with Crippen LogP contribution in [0.25, 0.3) is 0 Å². The summed E-state index contributed by atoms with van der Waals surface area (Å²) in [4.78, 5) is 28.8. The van der Waals surface area contributed by atoms with E-state index in [9.17, 15) is 9.59 Å². The lowest BCUT2D eigenvalue weighted by atomic mass is 10.1. The first kappa shape index (κ1) is 18.9. The molecule has 0 saturated carbocycles. The Morgan fingerprint density at radius 3 is 2.59 bits per heavy atom. The van der Waals surface area contributed by atoms with Crippen LogP contribution in [-0.4, -0.2) is 50.5 Å². The Bertz CT molecular complexity index is 792. The Kier molecular flexibility index (Phi) is 6.08. The SMILES string of the molecule is CN(C)C[C@@H](NC(=O)CN1C(=O)CCOc2ccccc21)c1ccccc1. The van der Waals surface area contributed by atoms with Crippen LogP contribution in [-0.2, 0) is 9.59 Å². The number of anilines is 1. The summed E-state index contributed by atoms with van der Waals surface area (Å²) in [6.07, 6.45) is 0.252. The first-order valence-corrected chi connectivity index (χ1v) is 9.06. The Labute approximate surface area is 159 Å². The molecule has 0 radical (unpaired) electrons. The van der Waals surface area contributed by atoms with Gasteiger partial charge in [0.1, 0.15) is 12.3 Å². The molecule has 2 aromatic carbocycles. The van der Waals surface area contributed by atoms with Crippen LogP contribution in [0.4, 0.5) is 5.69 Å². The van der Waals surface area contributed by atoms with Crippen molar-refractivity contribution in [3.63, 3.8) is 0 Å². The molecule has 0 unspecified atom stereocenters. The van der Waals surface area contributed by atoms with E-state index in [2.05, 4.69) is 5.32 Å². The highest BCUT2D eigenvalue weighted by Gasteiger charge is 2.26. The lowest BCUT2D eigenvalue weighted by Gasteiger charge is -2.26. The number of rotatable bonds is 6. The Morgan fingerprint density at radius 1 is 1.15 bits per heavy atom. The van der Waals surface area contributed by atoms with Crippen LogP contribution in [0.1, 0.15) is 18.0 Å². The van der Waals surface area contributed by atoms with Crippen molar-refractivity contribution < 1.29 is 14.3 Å². The Morgan fingerprint density at radius 2 is 1.85 bits per heavy atom. The fraction of sp³-hybridized carbons (Fsp3) is 0.333. The maximum absolute atomic E-state index is 12.8. The zero-order chi connectivity index (χ0) is 19.2. The molecule has 0 spiro atoms. The highest BCUT2D eigenvalue weighted by Crippen LogP contribution is 2.30. The quantitative estimate of drug-likeness (QED) is 0.850. The second-order valence-electron chi connectivity index (χ2n) is 6.84. The topological polar surface area (TPSA) is 61.9 Å². The fourth-order valence-corrected chi connectivity index (χ4v) is 3.16. The molecule has 6 heteroatoms. The van der Waals surface area contributed by atoms with Crippen LogP contribution in [0.5, 0.6) is 5.75 Å². The number of fused-ring (bicyclic) bond motifs is 1. The summed E-state index contributed by atoms with van der Waals surface area (Å²) >= 11 is 0. The number of carbonyl (C=O) groups is 2. The van der Waals surface area contributed by atoms with Crippen molar-refractivity contribution in [3.8, 4) is 5.75 Å². The second kappa shape index (κ2) is 8.68. The molecule has 0 aromatic heterocycles. The minimum absolute atomic E-state index is 0.0318. The van der Waals surface area contributed by atoms with Gasteiger partial charge in [-0.25, -0.2) is 0 Å². The minimum atomic E-state index is -0.198. The smallest absolute Gasteiger partial charge is 0.240 e. The molecule has 0 aliphatic carbocycles. The molecule has 0 saturated heterocycles. The molecule has 1 atom stereocenters. The third kappa shape index (κ3) is 4.86. The molecular formula is C21H25N3O3. The predicted octanol–water partition coefficient (Wildman–Crippen LogP) is 2.22. The van der Waals surface area contributed by atoms with E-state index in [1.807, 2.05) is 67.5 Å².